The van der Waals surface area contributed by atoms with Crippen LogP contribution in [-0.4, -0.2) is 84.2 Å². The van der Waals surface area contributed by atoms with E-state index in [1.165, 1.54) is 13.1 Å². The van der Waals surface area contributed by atoms with Gasteiger partial charge in [-0.05, 0) is 13.0 Å². The molecule has 7 unspecified atom stereocenters. The van der Waals surface area contributed by atoms with E-state index in [0.29, 0.717) is 4.90 Å². The molecule has 0 spiro atoms. The summed E-state index contributed by atoms with van der Waals surface area (Å²) in [7, 11) is -16.0. The van der Waals surface area contributed by atoms with Crippen LogP contribution in [0.15, 0.2) is 12.3 Å². The van der Waals surface area contributed by atoms with E-state index >= 15 is 0 Å². The van der Waals surface area contributed by atoms with Crippen LogP contribution in [0, 0.1) is 0 Å². The van der Waals surface area contributed by atoms with Crippen molar-refractivity contribution in [2.24, 2.45) is 5.73 Å². The number of aliphatic hydroxyl groups excluding tert-OH is 1. The van der Waals surface area contributed by atoms with Gasteiger partial charge in [-0.2, -0.15) is 17.4 Å². The summed E-state index contributed by atoms with van der Waals surface area (Å²) >= 11 is 0. The Morgan fingerprint density at radius 3 is 2.28 bits per heavy atom. The minimum atomic E-state index is -5.85. The molecule has 186 valence electrons. The summed E-state index contributed by atoms with van der Waals surface area (Å²) in [4.78, 5) is 49.2. The number of hydrogen-bond acceptors (Lipinski definition) is 10. The fourth-order valence-corrected chi connectivity index (χ4v) is 5.93. The lowest BCUT2D eigenvalue weighted by atomic mass is 10.1. The molecule has 2 heterocycles. The van der Waals surface area contributed by atoms with Crippen LogP contribution in [0.2, 0.25) is 0 Å². The second-order valence-corrected chi connectivity index (χ2v) is 11.0. The topological polar surface area (TPSA) is 239 Å². The van der Waals surface area contributed by atoms with Crippen molar-refractivity contribution < 1.29 is 69.8 Å². The second-order valence-electron chi connectivity index (χ2n) is 6.61. The van der Waals surface area contributed by atoms with Gasteiger partial charge in [-0.1, -0.05) is 0 Å². The first-order valence-electron chi connectivity index (χ1n) is 8.30. The van der Waals surface area contributed by atoms with Crippen molar-refractivity contribution in [1.29, 1.82) is 0 Å². The van der Waals surface area contributed by atoms with Gasteiger partial charge in [0.05, 0.1) is 6.10 Å². The lowest BCUT2D eigenvalue weighted by Crippen LogP contribution is -2.57. The normalized spacial score (nSPS) is 33.1. The van der Waals surface area contributed by atoms with Gasteiger partial charge in [-0.15, -0.1) is 0 Å². The molecular weight excluding hydrogens is 513 g/mol. The number of nitrogens with two attached hydrogens (primary N) is 1. The molecule has 1 saturated heterocycles. The van der Waals surface area contributed by atoms with E-state index in [2.05, 4.69) is 13.1 Å². The number of ether oxygens (including phenoxy) is 1. The molecular formula is C11H20F2N3O13P3. The fraction of sp³-hybridized carbons (Fsp3) is 0.727. The van der Waals surface area contributed by atoms with Crippen molar-refractivity contribution in [2.75, 3.05) is 7.05 Å². The maximum absolute atomic E-state index is 14.6. The monoisotopic (exact) mass is 533 g/mol. The minimum absolute atomic E-state index is 0.421. The quantitative estimate of drug-likeness (QED) is 0.218. The smallest absolute Gasteiger partial charge is 0.384 e. The highest BCUT2D eigenvalue weighted by atomic mass is 31.3. The van der Waals surface area contributed by atoms with E-state index < -0.39 is 66.1 Å². The summed E-state index contributed by atoms with van der Waals surface area (Å²) in [6, 6.07) is -1.02. The average molecular weight is 533 g/mol. The van der Waals surface area contributed by atoms with Gasteiger partial charge in [0.2, 0.25) is 6.23 Å². The maximum Gasteiger partial charge on any atom is 0.490 e. The zero-order chi connectivity index (χ0) is 24.9. The molecule has 0 aromatic rings. The largest absolute Gasteiger partial charge is 0.490 e. The van der Waals surface area contributed by atoms with E-state index in [1.807, 2.05) is 0 Å². The number of rotatable bonds is 8. The lowest BCUT2D eigenvalue weighted by molar-refractivity contribution is -0.148. The molecule has 1 fully saturated rings. The van der Waals surface area contributed by atoms with Gasteiger partial charge in [0.15, 0.2) is 6.10 Å². The van der Waals surface area contributed by atoms with Gasteiger partial charge in [0.1, 0.15) is 12.3 Å². The number of amides is 2. The highest BCUT2D eigenvalue weighted by Crippen LogP contribution is 2.66. The SMILES string of the molecule is CC(OP(=O)(O)OP(=O)(O)OP(=O)(O)O)C1OC(N2C=CC(N)N(C)C2=O)C(F)(F)C1O. The van der Waals surface area contributed by atoms with Crippen molar-refractivity contribution in [3.05, 3.63) is 12.3 Å². The van der Waals surface area contributed by atoms with Gasteiger partial charge in [0.25, 0.3) is 0 Å². The molecule has 0 aromatic heterocycles. The van der Waals surface area contributed by atoms with E-state index in [1.54, 1.807) is 0 Å². The molecule has 2 rings (SSSR count). The Hall–Kier alpha value is -0.840. The zero-order valence-corrected chi connectivity index (χ0v) is 18.8. The van der Waals surface area contributed by atoms with Crippen LogP contribution in [0.4, 0.5) is 13.6 Å². The molecule has 2 aliphatic rings. The first kappa shape index (κ1) is 27.4. The standard InChI is InChI=1S/C11H20F2N3O13P3/c1-5(27-31(22,23)29-32(24,25)28-30(19,20)21)7-8(17)11(12,13)9(26-7)16-4-3-6(14)15(2)10(16)18/h3-9,17H,14H2,1-2H3,(H,22,23)(H,24,25)(H2,19,20,21). The average Bonchev–Trinajstić information content (AvgIpc) is 2.79. The third kappa shape index (κ3) is 6.18. The van der Waals surface area contributed by atoms with Gasteiger partial charge in [0, 0.05) is 13.2 Å². The van der Waals surface area contributed by atoms with Gasteiger partial charge < -0.3 is 40.1 Å². The number of likely N-dealkylation sites (N-methyl/N-ethyl adjacent to an activating group) is 1. The number of phosphoric acid groups is 3. The van der Waals surface area contributed by atoms with Gasteiger partial charge in [-0.3, -0.25) is 9.42 Å². The van der Waals surface area contributed by atoms with E-state index in [0.717, 1.165) is 18.0 Å². The predicted molar refractivity (Wildman–Crippen MR) is 96.1 cm³/mol. The Morgan fingerprint density at radius 1 is 1.19 bits per heavy atom. The molecule has 0 bridgehead atoms. The number of hydrogen-bond donors (Lipinski definition) is 6. The molecule has 0 radical (unpaired) electrons. The third-order valence-electron chi connectivity index (χ3n) is 4.17. The van der Waals surface area contributed by atoms with E-state index in [9.17, 15) is 37.3 Å². The van der Waals surface area contributed by atoms with Gasteiger partial charge >= 0.3 is 35.4 Å². The van der Waals surface area contributed by atoms with Crippen LogP contribution in [-0.2, 0) is 31.6 Å². The fourth-order valence-electron chi connectivity index (χ4n) is 2.73. The third-order valence-corrected chi connectivity index (χ3v) is 8.09. The zero-order valence-electron chi connectivity index (χ0n) is 16.1. The highest BCUT2D eigenvalue weighted by molar-refractivity contribution is 7.66. The van der Waals surface area contributed by atoms with Crippen molar-refractivity contribution in [3.8, 4) is 0 Å². The van der Waals surface area contributed by atoms with Crippen LogP contribution >= 0.6 is 23.5 Å². The number of carbonyl (C=O) groups is 1. The molecule has 0 aromatic carbocycles. The summed E-state index contributed by atoms with van der Waals surface area (Å²) in [6.45, 7) is 0.834. The Balaban J connectivity index is 2.17. The first-order chi connectivity index (χ1) is 14.3. The summed E-state index contributed by atoms with van der Waals surface area (Å²) in [6.07, 6.45) is -7.97. The predicted octanol–water partition coefficient (Wildman–Crippen LogP) is -0.395. The summed E-state index contributed by atoms with van der Waals surface area (Å²) in [5, 5.41) is 9.98. The van der Waals surface area contributed by atoms with Crippen molar-refractivity contribution in [1.82, 2.24) is 9.80 Å². The van der Waals surface area contributed by atoms with Crippen molar-refractivity contribution in [3.63, 3.8) is 0 Å². The first-order valence-corrected chi connectivity index (χ1v) is 12.8. The molecule has 32 heavy (non-hydrogen) atoms. The Bertz CT molecular complexity index is 915. The van der Waals surface area contributed by atoms with Gasteiger partial charge in [-0.25, -0.2) is 18.5 Å². The second kappa shape index (κ2) is 9.07. The highest BCUT2D eigenvalue weighted by Gasteiger charge is 2.63. The Kier molecular flexibility index (Phi) is 7.77. The van der Waals surface area contributed by atoms with Crippen molar-refractivity contribution >= 4 is 29.5 Å². The maximum atomic E-state index is 14.6. The summed E-state index contributed by atoms with van der Waals surface area (Å²) in [5.41, 5.74) is 5.58. The molecule has 0 saturated carbocycles. The van der Waals surface area contributed by atoms with Crippen LogP contribution < -0.4 is 5.73 Å². The number of alkyl halides is 2. The molecule has 2 aliphatic heterocycles. The van der Waals surface area contributed by atoms with Crippen LogP contribution in [0.1, 0.15) is 6.92 Å². The van der Waals surface area contributed by atoms with Crippen molar-refractivity contribution in [2.45, 2.75) is 43.6 Å². The van der Waals surface area contributed by atoms with Crippen LogP contribution in [0.3, 0.4) is 0 Å². The molecule has 21 heteroatoms. The molecule has 0 aliphatic carbocycles. The number of aliphatic hydroxyl groups is 1. The summed E-state index contributed by atoms with van der Waals surface area (Å²) < 4.78 is 79.5. The molecule has 7 atom stereocenters. The van der Waals surface area contributed by atoms with Crippen LogP contribution in [0.5, 0.6) is 0 Å². The minimum Gasteiger partial charge on any atom is -0.384 e. The number of nitrogens with zero attached hydrogens (tertiary/aromatic N) is 2. The number of halogens is 2. The van der Waals surface area contributed by atoms with E-state index in [-0.39, 0.29) is 0 Å². The summed E-state index contributed by atoms with van der Waals surface area (Å²) in [5.74, 6) is -4.12. The molecule has 2 amide bonds. The van der Waals surface area contributed by atoms with Crippen LogP contribution in [0.25, 0.3) is 0 Å². The van der Waals surface area contributed by atoms with E-state index in [4.69, 9.17) is 25.2 Å². The Labute approximate surface area is 178 Å². The lowest BCUT2D eigenvalue weighted by Gasteiger charge is -2.37. The Morgan fingerprint density at radius 2 is 1.75 bits per heavy atom. The number of phosphoric ester groups is 1. The number of urea groups is 1. The molecule has 7 N–H and O–H groups in total. The number of carbonyl (C=O) groups excluding carboxylic acids is 1. The molecule has 16 nitrogen and oxygen atoms in total.